The van der Waals surface area contributed by atoms with Crippen LogP contribution < -0.4 is 9.47 Å². The van der Waals surface area contributed by atoms with E-state index in [-0.39, 0.29) is 17.7 Å². The molecule has 3 heterocycles. The Labute approximate surface area is 200 Å². The summed E-state index contributed by atoms with van der Waals surface area (Å²) in [6.07, 6.45) is 2.97. The number of benzene rings is 1. The number of hydrazone groups is 1. The van der Waals surface area contributed by atoms with Crippen molar-refractivity contribution in [3.05, 3.63) is 52.0 Å². The van der Waals surface area contributed by atoms with Crippen molar-refractivity contribution in [1.29, 1.82) is 0 Å². The van der Waals surface area contributed by atoms with E-state index in [0.29, 0.717) is 23.8 Å². The summed E-state index contributed by atoms with van der Waals surface area (Å²) in [6, 6.07) is 9.59. The molecule has 0 radical (unpaired) electrons. The van der Waals surface area contributed by atoms with Crippen LogP contribution in [0.15, 0.2) is 46.0 Å². The second kappa shape index (κ2) is 9.18. The van der Waals surface area contributed by atoms with E-state index in [0.717, 1.165) is 40.0 Å². The van der Waals surface area contributed by atoms with Crippen LogP contribution in [0.3, 0.4) is 0 Å². The van der Waals surface area contributed by atoms with Gasteiger partial charge in [0.05, 0.1) is 36.6 Å². The van der Waals surface area contributed by atoms with Crippen molar-refractivity contribution in [3.8, 4) is 11.5 Å². The van der Waals surface area contributed by atoms with E-state index < -0.39 is 0 Å². The van der Waals surface area contributed by atoms with Gasteiger partial charge in [0.2, 0.25) is 0 Å². The zero-order valence-electron chi connectivity index (χ0n) is 18.7. The molecule has 1 atom stereocenters. The molecule has 33 heavy (non-hydrogen) atoms. The SMILES string of the molecule is COc1ccc([C@H]2CC(c3cccs3)=NN2C(=O)CSc2nnc(C3CC3)n2C)cc1OC. The number of methoxy groups -OCH3 is 2. The predicted molar refractivity (Wildman–Crippen MR) is 128 cm³/mol. The lowest BCUT2D eigenvalue weighted by molar-refractivity contribution is -0.130. The van der Waals surface area contributed by atoms with Gasteiger partial charge in [-0.05, 0) is 42.0 Å². The maximum absolute atomic E-state index is 13.3. The molecule has 2 aromatic heterocycles. The fourth-order valence-corrected chi connectivity index (χ4v) is 5.48. The fourth-order valence-electron chi connectivity index (χ4n) is 3.99. The van der Waals surface area contributed by atoms with Crippen LogP contribution in [0.1, 0.15) is 47.5 Å². The van der Waals surface area contributed by atoms with Crippen LogP contribution in [0, 0.1) is 0 Å². The molecule has 1 aromatic carbocycles. The molecule has 0 unspecified atom stereocenters. The number of hydrogen-bond donors (Lipinski definition) is 0. The molecule has 10 heteroatoms. The molecule has 0 bridgehead atoms. The molecule has 8 nitrogen and oxygen atoms in total. The third-order valence-corrected chi connectivity index (χ3v) is 7.82. The third-order valence-electron chi connectivity index (χ3n) is 5.90. The van der Waals surface area contributed by atoms with E-state index in [1.165, 1.54) is 11.8 Å². The second-order valence-electron chi connectivity index (χ2n) is 8.06. The maximum atomic E-state index is 13.3. The standard InChI is InChI=1S/C23H25N5O3S2/c1-27-22(14-6-7-14)24-25-23(27)33-13-21(29)28-17(12-16(26-28)20-5-4-10-32-20)15-8-9-18(30-2)19(11-15)31-3/h4-5,8-11,14,17H,6-7,12-13H2,1-3H3/t17-/m1/s1. The van der Waals surface area contributed by atoms with Gasteiger partial charge in [0, 0.05) is 19.4 Å². The second-order valence-corrected chi connectivity index (χ2v) is 9.95. The summed E-state index contributed by atoms with van der Waals surface area (Å²) in [5, 5.41) is 17.7. The first-order chi connectivity index (χ1) is 16.1. The van der Waals surface area contributed by atoms with Gasteiger partial charge in [-0.1, -0.05) is 23.9 Å². The highest BCUT2D eigenvalue weighted by Crippen LogP contribution is 2.40. The Morgan fingerprint density at radius 1 is 1.18 bits per heavy atom. The van der Waals surface area contributed by atoms with Crippen LogP contribution >= 0.6 is 23.1 Å². The molecule has 0 spiro atoms. The number of rotatable bonds is 8. The Kier molecular flexibility index (Phi) is 6.11. The Morgan fingerprint density at radius 2 is 2.00 bits per heavy atom. The molecule has 1 amide bonds. The van der Waals surface area contributed by atoms with Crippen molar-refractivity contribution in [2.24, 2.45) is 12.1 Å². The fraction of sp³-hybridized carbons (Fsp3) is 0.391. The molecule has 1 aliphatic heterocycles. The number of carbonyl (C=O) groups is 1. The number of carbonyl (C=O) groups excluding carboxylic acids is 1. The monoisotopic (exact) mass is 483 g/mol. The third kappa shape index (κ3) is 4.37. The predicted octanol–water partition coefficient (Wildman–Crippen LogP) is 4.24. The summed E-state index contributed by atoms with van der Waals surface area (Å²) in [6.45, 7) is 0. The zero-order chi connectivity index (χ0) is 22.9. The van der Waals surface area contributed by atoms with E-state index in [1.54, 1.807) is 30.6 Å². The minimum absolute atomic E-state index is 0.0673. The molecular weight excluding hydrogens is 458 g/mol. The molecule has 5 rings (SSSR count). The topological polar surface area (TPSA) is 81.8 Å². The molecule has 2 aliphatic rings. The van der Waals surface area contributed by atoms with Gasteiger partial charge in [0.15, 0.2) is 16.7 Å². The van der Waals surface area contributed by atoms with Gasteiger partial charge in [-0.25, -0.2) is 5.01 Å². The van der Waals surface area contributed by atoms with Gasteiger partial charge in [0.25, 0.3) is 5.91 Å². The van der Waals surface area contributed by atoms with Crippen molar-refractivity contribution in [2.75, 3.05) is 20.0 Å². The van der Waals surface area contributed by atoms with E-state index in [2.05, 4.69) is 10.2 Å². The van der Waals surface area contributed by atoms with Crippen LogP contribution in [0.4, 0.5) is 0 Å². The smallest absolute Gasteiger partial charge is 0.253 e. The van der Waals surface area contributed by atoms with E-state index in [4.69, 9.17) is 14.6 Å². The van der Waals surface area contributed by atoms with Crippen molar-refractivity contribution < 1.29 is 14.3 Å². The van der Waals surface area contributed by atoms with Gasteiger partial charge in [0.1, 0.15) is 5.82 Å². The molecule has 0 N–H and O–H groups in total. The lowest BCUT2D eigenvalue weighted by atomic mass is 10.0. The highest BCUT2D eigenvalue weighted by atomic mass is 32.2. The van der Waals surface area contributed by atoms with Crippen LogP contribution in [0.2, 0.25) is 0 Å². The average Bonchev–Trinajstić information content (AvgIpc) is 3.22. The summed E-state index contributed by atoms with van der Waals surface area (Å²) >= 11 is 3.03. The minimum Gasteiger partial charge on any atom is -0.493 e. The van der Waals surface area contributed by atoms with Crippen LogP contribution in [-0.4, -0.2) is 51.4 Å². The molecule has 0 saturated heterocycles. The summed E-state index contributed by atoms with van der Waals surface area (Å²) < 4.78 is 12.9. The van der Waals surface area contributed by atoms with Crippen molar-refractivity contribution in [2.45, 2.75) is 36.4 Å². The number of thiophene rings is 1. The Balaban J connectivity index is 1.38. The van der Waals surface area contributed by atoms with Crippen molar-refractivity contribution in [1.82, 2.24) is 19.8 Å². The number of nitrogens with zero attached hydrogens (tertiary/aromatic N) is 5. The lowest BCUT2D eigenvalue weighted by Crippen LogP contribution is -2.28. The first kappa shape index (κ1) is 22.0. The number of thioether (sulfide) groups is 1. The molecule has 1 saturated carbocycles. The number of ether oxygens (including phenoxy) is 2. The van der Waals surface area contributed by atoms with Gasteiger partial charge in [-0.2, -0.15) is 5.10 Å². The Bertz CT molecular complexity index is 1190. The van der Waals surface area contributed by atoms with Gasteiger partial charge in [-0.3, -0.25) is 4.79 Å². The quantitative estimate of drug-likeness (QED) is 0.446. The van der Waals surface area contributed by atoms with E-state index >= 15 is 0 Å². The highest BCUT2D eigenvalue weighted by molar-refractivity contribution is 7.99. The van der Waals surface area contributed by atoms with E-state index in [1.807, 2.05) is 47.3 Å². The molecule has 1 aliphatic carbocycles. The van der Waals surface area contributed by atoms with Crippen molar-refractivity contribution >= 4 is 34.7 Å². The summed E-state index contributed by atoms with van der Waals surface area (Å²) in [5.41, 5.74) is 1.87. The van der Waals surface area contributed by atoms with Crippen LogP contribution in [0.25, 0.3) is 0 Å². The van der Waals surface area contributed by atoms with Crippen molar-refractivity contribution in [3.63, 3.8) is 0 Å². The Morgan fingerprint density at radius 3 is 2.70 bits per heavy atom. The molecule has 172 valence electrons. The van der Waals surface area contributed by atoms with Gasteiger partial charge in [-0.15, -0.1) is 21.5 Å². The summed E-state index contributed by atoms with van der Waals surface area (Å²) in [7, 11) is 5.19. The summed E-state index contributed by atoms with van der Waals surface area (Å²) in [4.78, 5) is 14.4. The number of hydrogen-bond acceptors (Lipinski definition) is 8. The zero-order valence-corrected chi connectivity index (χ0v) is 20.4. The lowest BCUT2D eigenvalue weighted by Gasteiger charge is -2.22. The van der Waals surface area contributed by atoms with Crippen LogP contribution in [0.5, 0.6) is 11.5 Å². The van der Waals surface area contributed by atoms with Gasteiger partial charge >= 0.3 is 0 Å². The Hall–Kier alpha value is -2.85. The summed E-state index contributed by atoms with van der Waals surface area (Å²) in [5.74, 6) is 2.98. The number of amides is 1. The van der Waals surface area contributed by atoms with Crippen LogP contribution in [-0.2, 0) is 11.8 Å². The molecular formula is C23H25N5O3S2. The molecule has 1 fully saturated rings. The maximum Gasteiger partial charge on any atom is 0.253 e. The number of aromatic nitrogens is 3. The highest BCUT2D eigenvalue weighted by Gasteiger charge is 2.34. The molecule has 3 aromatic rings. The first-order valence-electron chi connectivity index (χ1n) is 10.8. The first-order valence-corrected chi connectivity index (χ1v) is 12.6. The normalized spacial score (nSPS) is 17.8. The van der Waals surface area contributed by atoms with E-state index in [9.17, 15) is 4.79 Å². The largest absolute Gasteiger partial charge is 0.493 e. The average molecular weight is 484 g/mol. The minimum atomic E-state index is -0.212. The van der Waals surface area contributed by atoms with Gasteiger partial charge < -0.3 is 14.0 Å².